The summed E-state index contributed by atoms with van der Waals surface area (Å²) in [6.07, 6.45) is 2.00. The molecule has 2 fully saturated rings. The normalized spacial score (nSPS) is 21.3. The number of carbonyl (C=O) groups is 4. The highest BCUT2D eigenvalue weighted by molar-refractivity contribution is 8.00. The molecule has 3 amide bonds. The third-order valence-corrected chi connectivity index (χ3v) is 9.54. The van der Waals surface area contributed by atoms with E-state index in [2.05, 4.69) is 5.32 Å². The number of aliphatic carboxylic acids is 1. The fraction of sp³-hybridized carbons (Fsp3) is 0.200. The summed E-state index contributed by atoms with van der Waals surface area (Å²) in [5, 5.41) is 24.0. The highest BCUT2D eigenvalue weighted by atomic mass is 32.2. The molecule has 3 heterocycles. The average molecular weight is 588 g/mol. The Morgan fingerprint density at radius 3 is 2.56 bits per heavy atom. The second-order valence-corrected chi connectivity index (χ2v) is 12.0. The van der Waals surface area contributed by atoms with Gasteiger partial charge in [0, 0.05) is 28.5 Å². The van der Waals surface area contributed by atoms with Crippen LogP contribution in [-0.2, 0) is 19.2 Å². The lowest BCUT2D eigenvalue weighted by molar-refractivity contribution is -0.150. The number of aromatic hydroxyl groups is 1. The van der Waals surface area contributed by atoms with Crippen molar-refractivity contribution in [2.75, 3.05) is 23.0 Å². The van der Waals surface area contributed by atoms with E-state index in [1.807, 2.05) is 42.5 Å². The predicted molar refractivity (Wildman–Crippen MR) is 158 cm³/mol. The number of amides is 3. The first-order valence-corrected chi connectivity index (χ1v) is 15.0. The van der Waals surface area contributed by atoms with Gasteiger partial charge in [0.1, 0.15) is 22.9 Å². The van der Waals surface area contributed by atoms with Crippen LogP contribution in [0.3, 0.4) is 0 Å². The van der Waals surface area contributed by atoms with Crippen LogP contribution in [0.5, 0.6) is 5.75 Å². The molecule has 11 heteroatoms. The number of carboxylic acids is 1. The number of β-lactam (4-membered cyclic amide) rings is 1. The molecular formula is C30H25N3O6S2. The molecule has 3 aromatic carbocycles. The van der Waals surface area contributed by atoms with Crippen LogP contribution in [0.15, 0.2) is 94.5 Å². The Hall–Kier alpha value is -4.22. The summed E-state index contributed by atoms with van der Waals surface area (Å²) in [5.41, 5.74) is 1.32. The van der Waals surface area contributed by atoms with Crippen LogP contribution in [0.2, 0.25) is 0 Å². The zero-order valence-corrected chi connectivity index (χ0v) is 23.3. The third kappa shape index (κ3) is 5.18. The summed E-state index contributed by atoms with van der Waals surface area (Å²) in [5.74, 6) is -1.79. The van der Waals surface area contributed by atoms with E-state index in [1.165, 1.54) is 40.6 Å². The summed E-state index contributed by atoms with van der Waals surface area (Å²) in [6, 6.07) is 19.4. The minimum absolute atomic E-state index is 0.0959. The highest BCUT2D eigenvalue weighted by Crippen LogP contribution is 2.41. The molecule has 0 aliphatic carbocycles. The number of benzene rings is 3. The summed E-state index contributed by atoms with van der Waals surface area (Å²) in [4.78, 5) is 54.8. The monoisotopic (exact) mass is 587 g/mol. The molecule has 2 atom stereocenters. The van der Waals surface area contributed by atoms with Gasteiger partial charge in [-0.3, -0.25) is 19.3 Å². The van der Waals surface area contributed by atoms with E-state index in [9.17, 15) is 29.4 Å². The van der Waals surface area contributed by atoms with Crippen molar-refractivity contribution >= 4 is 63.7 Å². The molecule has 3 N–H and O–H groups in total. The molecular weight excluding hydrogens is 562 g/mol. The van der Waals surface area contributed by atoms with Gasteiger partial charge in [-0.1, -0.05) is 30.3 Å². The minimum Gasteiger partial charge on any atom is -0.508 e. The molecule has 0 spiro atoms. The number of nitrogens with zero attached hydrogens (tertiary/aromatic N) is 2. The molecule has 0 saturated carbocycles. The number of nitrogens with one attached hydrogen (secondary N) is 1. The van der Waals surface area contributed by atoms with Crippen molar-refractivity contribution in [3.8, 4) is 5.75 Å². The van der Waals surface area contributed by atoms with Crippen molar-refractivity contribution in [1.29, 1.82) is 0 Å². The lowest BCUT2D eigenvalue weighted by atomic mass is 10.0. The highest BCUT2D eigenvalue weighted by Gasteiger charge is 2.54. The number of carbonyl (C=O) groups excluding carboxylic acids is 3. The molecule has 0 unspecified atom stereocenters. The van der Waals surface area contributed by atoms with E-state index >= 15 is 0 Å². The summed E-state index contributed by atoms with van der Waals surface area (Å²) in [7, 11) is 0. The van der Waals surface area contributed by atoms with Crippen LogP contribution in [0.1, 0.15) is 6.42 Å². The number of phenols is 1. The van der Waals surface area contributed by atoms with E-state index in [0.717, 1.165) is 15.7 Å². The predicted octanol–water partition coefficient (Wildman–Crippen LogP) is 3.74. The van der Waals surface area contributed by atoms with Gasteiger partial charge in [0.15, 0.2) is 0 Å². The van der Waals surface area contributed by atoms with Gasteiger partial charge in [-0.25, -0.2) is 4.79 Å². The van der Waals surface area contributed by atoms with Crippen LogP contribution >= 0.6 is 23.5 Å². The third-order valence-electron chi connectivity index (χ3n) is 7.24. The van der Waals surface area contributed by atoms with Crippen LogP contribution in [0, 0.1) is 0 Å². The molecule has 208 valence electrons. The Bertz CT molecular complexity index is 1650. The van der Waals surface area contributed by atoms with E-state index in [1.54, 1.807) is 23.1 Å². The zero-order chi connectivity index (χ0) is 28.7. The number of phenolic OH excluding ortho intramolecular Hbond substituents is 1. The SMILES string of the molecule is O=C(CSc1ccc2ccccc2c1)N[C@@H]1C(=O)N2C(C(=O)O)=C(/C=C3\CCN(c4ccc(O)cc4)C3=O)CS[C@H]12. The number of hydrogen-bond acceptors (Lipinski definition) is 7. The quantitative estimate of drug-likeness (QED) is 0.217. The number of fused-ring (bicyclic) bond motifs is 2. The van der Waals surface area contributed by atoms with Crippen molar-refractivity contribution < 1.29 is 29.4 Å². The van der Waals surface area contributed by atoms with Crippen molar-refractivity contribution in [3.05, 3.63) is 89.6 Å². The largest absolute Gasteiger partial charge is 0.508 e. The maximum absolute atomic E-state index is 13.1. The summed E-state index contributed by atoms with van der Waals surface area (Å²) >= 11 is 2.73. The summed E-state index contributed by atoms with van der Waals surface area (Å²) in [6.45, 7) is 0.425. The van der Waals surface area contributed by atoms with Crippen molar-refractivity contribution in [2.45, 2.75) is 22.7 Å². The topological polar surface area (TPSA) is 127 Å². The number of rotatable bonds is 7. The number of carboxylic acid groups (broad SMARTS) is 1. The van der Waals surface area contributed by atoms with Crippen LogP contribution in [0.4, 0.5) is 5.69 Å². The van der Waals surface area contributed by atoms with Gasteiger partial charge in [-0.2, -0.15) is 0 Å². The number of hydrogen-bond donors (Lipinski definition) is 3. The summed E-state index contributed by atoms with van der Waals surface area (Å²) < 4.78 is 0. The molecule has 9 nitrogen and oxygen atoms in total. The smallest absolute Gasteiger partial charge is 0.352 e. The number of thioether (sulfide) groups is 2. The first kappa shape index (κ1) is 27.0. The Morgan fingerprint density at radius 1 is 1.05 bits per heavy atom. The van der Waals surface area contributed by atoms with Gasteiger partial charge < -0.3 is 20.4 Å². The Balaban J connectivity index is 1.12. The molecule has 0 radical (unpaired) electrons. The average Bonchev–Trinajstić information content (AvgIpc) is 3.34. The molecule has 0 aromatic heterocycles. The molecule has 3 aromatic rings. The van der Waals surface area contributed by atoms with Crippen LogP contribution in [0.25, 0.3) is 10.8 Å². The lowest BCUT2D eigenvalue weighted by Crippen LogP contribution is -2.70. The van der Waals surface area contributed by atoms with Gasteiger partial charge >= 0.3 is 5.97 Å². The molecule has 0 bridgehead atoms. The Kier molecular flexibility index (Phi) is 7.22. The van der Waals surface area contributed by atoms with Gasteiger partial charge in [0.25, 0.3) is 11.8 Å². The molecule has 41 heavy (non-hydrogen) atoms. The van der Waals surface area contributed by atoms with Crippen LogP contribution < -0.4 is 10.2 Å². The second-order valence-electron chi connectivity index (χ2n) is 9.82. The first-order chi connectivity index (χ1) is 19.8. The maximum atomic E-state index is 13.1. The Labute approximate surface area is 243 Å². The first-order valence-electron chi connectivity index (χ1n) is 12.9. The minimum atomic E-state index is -1.26. The van der Waals surface area contributed by atoms with E-state index < -0.39 is 23.3 Å². The maximum Gasteiger partial charge on any atom is 0.352 e. The van der Waals surface area contributed by atoms with Gasteiger partial charge in [0.2, 0.25) is 5.91 Å². The lowest BCUT2D eigenvalue weighted by Gasteiger charge is -2.49. The fourth-order valence-electron chi connectivity index (χ4n) is 5.21. The van der Waals surface area contributed by atoms with Gasteiger partial charge in [-0.15, -0.1) is 23.5 Å². The van der Waals surface area contributed by atoms with E-state index in [0.29, 0.717) is 29.8 Å². The van der Waals surface area contributed by atoms with Crippen molar-refractivity contribution in [3.63, 3.8) is 0 Å². The molecule has 3 aliphatic heterocycles. The van der Waals surface area contributed by atoms with Crippen LogP contribution in [-0.4, -0.2) is 68.3 Å². The zero-order valence-electron chi connectivity index (χ0n) is 21.6. The fourth-order valence-corrected chi connectivity index (χ4v) is 7.27. The second kappa shape index (κ2) is 11.0. The molecule has 6 rings (SSSR count). The molecule has 3 aliphatic rings. The van der Waals surface area contributed by atoms with E-state index in [-0.39, 0.29) is 34.8 Å². The molecule has 2 saturated heterocycles. The number of anilines is 1. The Morgan fingerprint density at radius 2 is 1.80 bits per heavy atom. The van der Waals surface area contributed by atoms with E-state index in [4.69, 9.17) is 0 Å². The van der Waals surface area contributed by atoms with Gasteiger partial charge in [-0.05, 0) is 65.2 Å². The van der Waals surface area contributed by atoms with Gasteiger partial charge in [0.05, 0.1) is 5.75 Å². The van der Waals surface area contributed by atoms with Crippen molar-refractivity contribution in [2.24, 2.45) is 0 Å². The van der Waals surface area contributed by atoms with Crippen molar-refractivity contribution in [1.82, 2.24) is 10.2 Å². The standard InChI is InChI=1S/C30H25N3O6S2/c34-22-8-6-21(7-9-22)32-12-11-19(27(32)36)13-20-15-41-29-25(28(37)33(29)26(20)30(38)39)31-24(35)16-40-23-10-5-17-3-1-2-4-18(17)14-23/h1-10,13-14,25,29,34H,11-12,15-16H2,(H,31,35)(H,38,39)/b19-13+/t25-,29-/m1/s1. The number of allylic oxidation sites excluding steroid dienone is 1.